The van der Waals surface area contributed by atoms with Gasteiger partial charge in [-0.05, 0) is 12.8 Å². The molecule has 1 spiro atoms. The summed E-state index contributed by atoms with van der Waals surface area (Å²) in [5.41, 5.74) is -4.37. The van der Waals surface area contributed by atoms with Crippen LogP contribution in [0.4, 0.5) is 0 Å². The summed E-state index contributed by atoms with van der Waals surface area (Å²) in [4.78, 5) is 46.7. The number of carbonyl (C=O) groups excluding carboxylic acids is 3. The van der Waals surface area contributed by atoms with Gasteiger partial charge >= 0.3 is 5.97 Å². The van der Waals surface area contributed by atoms with E-state index in [1.165, 1.54) is 0 Å². The van der Waals surface area contributed by atoms with Gasteiger partial charge in [0.05, 0.1) is 0 Å². The zero-order valence-corrected chi connectivity index (χ0v) is 10.2. The Labute approximate surface area is 108 Å². The highest BCUT2D eigenvalue weighted by Crippen LogP contribution is 2.79. The van der Waals surface area contributed by atoms with E-state index in [0.29, 0.717) is 19.3 Å². The molecule has 7 nitrogen and oxygen atoms in total. The van der Waals surface area contributed by atoms with Crippen LogP contribution in [0.2, 0.25) is 0 Å². The Morgan fingerprint density at radius 1 is 1.21 bits per heavy atom. The number of amides is 3. The van der Waals surface area contributed by atoms with Crippen molar-refractivity contribution in [1.29, 1.82) is 0 Å². The summed E-state index contributed by atoms with van der Waals surface area (Å²) in [5.74, 6) is -2.80. The van der Waals surface area contributed by atoms with E-state index in [9.17, 15) is 24.3 Å². The molecule has 102 valence electrons. The van der Waals surface area contributed by atoms with Crippen LogP contribution in [0, 0.1) is 10.8 Å². The molecule has 0 aromatic heterocycles. The minimum absolute atomic E-state index is 0.319. The Hall–Kier alpha value is -1.92. The molecule has 0 bridgehead atoms. The zero-order chi connectivity index (χ0) is 13.9. The van der Waals surface area contributed by atoms with Crippen molar-refractivity contribution >= 4 is 24.2 Å². The number of rotatable bonds is 3. The van der Waals surface area contributed by atoms with E-state index >= 15 is 0 Å². The average molecular weight is 266 g/mol. The molecule has 1 saturated heterocycles. The third kappa shape index (κ3) is 0.913. The summed E-state index contributed by atoms with van der Waals surface area (Å²) < 4.78 is 0. The molecular weight excluding hydrogens is 252 g/mol. The van der Waals surface area contributed by atoms with Crippen molar-refractivity contribution < 1.29 is 24.3 Å². The van der Waals surface area contributed by atoms with E-state index in [-0.39, 0.29) is 0 Å². The van der Waals surface area contributed by atoms with Gasteiger partial charge in [-0.1, -0.05) is 19.3 Å². The minimum Gasteiger partial charge on any atom is -0.480 e. The Morgan fingerprint density at radius 3 is 2.37 bits per heavy atom. The van der Waals surface area contributed by atoms with Crippen molar-refractivity contribution in [2.45, 2.75) is 37.6 Å². The summed E-state index contributed by atoms with van der Waals surface area (Å²) in [6, 6.07) is 0. The molecule has 1 aliphatic heterocycles. The molecule has 2 aliphatic carbocycles. The van der Waals surface area contributed by atoms with Crippen LogP contribution in [0.25, 0.3) is 0 Å². The lowest BCUT2D eigenvalue weighted by Crippen LogP contribution is -2.48. The number of carbonyl (C=O) groups is 4. The molecule has 7 heteroatoms. The SMILES string of the molecule is O=CN[C@]12C(=O)NC(=O)[C@@]1(C(=O)O)C21CCCCC1. The predicted octanol–water partition coefficient (Wildman–Crippen LogP) is -0.837. The maximum Gasteiger partial charge on any atom is 0.322 e. The minimum atomic E-state index is -1.82. The number of aliphatic carboxylic acids is 1. The molecule has 2 saturated carbocycles. The molecule has 1 heterocycles. The number of imide groups is 1. The van der Waals surface area contributed by atoms with E-state index in [4.69, 9.17) is 0 Å². The maximum atomic E-state index is 12.1. The highest BCUT2D eigenvalue weighted by Gasteiger charge is 2.99. The van der Waals surface area contributed by atoms with Gasteiger partial charge in [0, 0.05) is 5.41 Å². The maximum absolute atomic E-state index is 12.1. The van der Waals surface area contributed by atoms with Crippen LogP contribution in [0.3, 0.4) is 0 Å². The second kappa shape index (κ2) is 3.34. The lowest BCUT2D eigenvalue weighted by atomic mass is 9.77. The Morgan fingerprint density at radius 2 is 1.84 bits per heavy atom. The molecule has 3 N–H and O–H groups in total. The fourth-order valence-corrected chi connectivity index (χ4v) is 4.53. The van der Waals surface area contributed by atoms with Gasteiger partial charge in [0.25, 0.3) is 5.91 Å². The number of carboxylic acids is 1. The quantitative estimate of drug-likeness (QED) is 0.350. The van der Waals surface area contributed by atoms with Crippen LogP contribution in [-0.4, -0.2) is 34.8 Å². The lowest BCUT2D eigenvalue weighted by molar-refractivity contribution is -0.150. The van der Waals surface area contributed by atoms with Crippen LogP contribution in [0.1, 0.15) is 32.1 Å². The molecule has 0 aromatic rings. The monoisotopic (exact) mass is 266 g/mol. The van der Waals surface area contributed by atoms with E-state index in [2.05, 4.69) is 10.6 Å². The first-order valence-electron chi connectivity index (χ1n) is 6.32. The average Bonchev–Trinajstić information content (AvgIpc) is 2.76. The first-order valence-corrected chi connectivity index (χ1v) is 6.32. The van der Waals surface area contributed by atoms with Crippen LogP contribution in [0.15, 0.2) is 0 Å². The number of hydrogen-bond donors (Lipinski definition) is 3. The van der Waals surface area contributed by atoms with Crippen molar-refractivity contribution in [2.24, 2.45) is 10.8 Å². The first-order chi connectivity index (χ1) is 9.01. The van der Waals surface area contributed by atoms with E-state index in [1.807, 2.05) is 0 Å². The first kappa shape index (κ1) is 12.1. The largest absolute Gasteiger partial charge is 0.480 e. The summed E-state index contributed by atoms with van der Waals surface area (Å²) in [6.07, 6.45) is 3.73. The fraction of sp³-hybridized carbons (Fsp3) is 0.667. The van der Waals surface area contributed by atoms with Crippen molar-refractivity contribution in [2.75, 3.05) is 0 Å². The second-order valence-corrected chi connectivity index (χ2v) is 5.49. The molecule has 2 atom stereocenters. The normalized spacial score (nSPS) is 38.5. The molecule has 3 aliphatic rings. The van der Waals surface area contributed by atoms with E-state index in [1.54, 1.807) is 0 Å². The van der Waals surface area contributed by atoms with Crippen molar-refractivity contribution in [3.8, 4) is 0 Å². The Balaban J connectivity index is 2.20. The van der Waals surface area contributed by atoms with Gasteiger partial charge in [-0.15, -0.1) is 0 Å². The summed E-state index contributed by atoms with van der Waals surface area (Å²) >= 11 is 0. The molecular formula is C12H14N2O5. The van der Waals surface area contributed by atoms with Gasteiger partial charge in [-0.3, -0.25) is 24.5 Å². The number of nitrogens with one attached hydrogen (secondary N) is 2. The molecule has 19 heavy (non-hydrogen) atoms. The summed E-state index contributed by atoms with van der Waals surface area (Å²) in [5, 5.41) is 14.0. The number of piperidine rings is 1. The Kier molecular flexibility index (Phi) is 2.13. The molecule has 3 amide bonds. The van der Waals surface area contributed by atoms with Gasteiger partial charge in [0.1, 0.15) is 0 Å². The molecule has 0 unspecified atom stereocenters. The van der Waals surface area contributed by atoms with Crippen LogP contribution < -0.4 is 10.6 Å². The number of carboxylic acid groups (broad SMARTS) is 1. The standard InChI is InChI=1S/C12H14N2O5/c15-6-13-12-8(17)14-7(16)11(12,9(18)19)10(12)4-2-1-3-5-10/h6H,1-5H2,(H,13,15)(H,18,19)(H,14,16,17)/t11-,12+/m1/s1. The number of fused-ring (bicyclic) bond motifs is 3. The molecule has 0 radical (unpaired) electrons. The second-order valence-electron chi connectivity index (χ2n) is 5.49. The van der Waals surface area contributed by atoms with Crippen molar-refractivity contribution in [3.05, 3.63) is 0 Å². The third-order valence-corrected chi connectivity index (χ3v) is 5.15. The topological polar surface area (TPSA) is 113 Å². The smallest absolute Gasteiger partial charge is 0.322 e. The summed E-state index contributed by atoms with van der Waals surface area (Å²) in [7, 11) is 0. The highest BCUT2D eigenvalue weighted by molar-refractivity contribution is 6.28. The highest BCUT2D eigenvalue weighted by atomic mass is 16.4. The van der Waals surface area contributed by atoms with Gasteiger partial charge in [0.2, 0.25) is 12.3 Å². The van der Waals surface area contributed by atoms with Crippen molar-refractivity contribution in [1.82, 2.24) is 10.6 Å². The van der Waals surface area contributed by atoms with Crippen LogP contribution in [-0.2, 0) is 19.2 Å². The van der Waals surface area contributed by atoms with Gasteiger partial charge in [-0.25, -0.2) is 0 Å². The molecule has 3 rings (SSSR count). The fourth-order valence-electron chi connectivity index (χ4n) is 4.53. The lowest BCUT2D eigenvalue weighted by Gasteiger charge is -2.28. The van der Waals surface area contributed by atoms with E-state index in [0.717, 1.165) is 19.3 Å². The Bertz CT molecular complexity index is 510. The van der Waals surface area contributed by atoms with Crippen molar-refractivity contribution in [3.63, 3.8) is 0 Å². The molecule has 0 aromatic carbocycles. The van der Waals surface area contributed by atoms with Gasteiger partial charge < -0.3 is 10.4 Å². The van der Waals surface area contributed by atoms with E-state index < -0.39 is 34.2 Å². The number of hydrogen-bond acceptors (Lipinski definition) is 4. The summed E-state index contributed by atoms with van der Waals surface area (Å²) in [6.45, 7) is 0. The van der Waals surface area contributed by atoms with Gasteiger partial charge in [-0.2, -0.15) is 0 Å². The molecule has 3 fully saturated rings. The third-order valence-electron chi connectivity index (χ3n) is 5.15. The predicted molar refractivity (Wildman–Crippen MR) is 60.7 cm³/mol. The zero-order valence-electron chi connectivity index (χ0n) is 10.2. The van der Waals surface area contributed by atoms with Crippen LogP contribution >= 0.6 is 0 Å². The van der Waals surface area contributed by atoms with Gasteiger partial charge in [0.15, 0.2) is 11.0 Å². The van der Waals surface area contributed by atoms with Crippen LogP contribution in [0.5, 0.6) is 0 Å².